The van der Waals surface area contributed by atoms with Crippen LogP contribution >= 0.6 is 11.8 Å². The molecular weight excluding hydrogens is 228 g/mol. The molecule has 3 rings (SSSR count). The summed E-state index contributed by atoms with van der Waals surface area (Å²) in [6.07, 6.45) is 7.68. The molecule has 1 aliphatic carbocycles. The zero-order valence-corrected chi connectivity index (χ0v) is 10.9. The first-order chi connectivity index (χ1) is 8.25. The van der Waals surface area contributed by atoms with E-state index in [1.165, 1.54) is 21.2 Å². The van der Waals surface area contributed by atoms with E-state index in [1.54, 1.807) is 0 Å². The van der Waals surface area contributed by atoms with Gasteiger partial charge in [-0.15, -0.1) is 0 Å². The maximum Gasteiger partial charge on any atom is 0.0724 e. The fraction of sp³-hybridized carbons (Fsp3) is 0.286. The molecule has 0 fully saturated rings. The van der Waals surface area contributed by atoms with Gasteiger partial charge in [0.15, 0.2) is 0 Å². The molecule has 0 saturated heterocycles. The first kappa shape index (κ1) is 10.8. The van der Waals surface area contributed by atoms with Crippen molar-refractivity contribution < 1.29 is 0 Å². The van der Waals surface area contributed by atoms with Crippen LogP contribution in [0.25, 0.3) is 0 Å². The molecule has 1 aromatic rings. The lowest BCUT2D eigenvalue weighted by atomic mass is 10.1. The number of allylic oxidation sites excluding steroid dienone is 2. The van der Waals surface area contributed by atoms with Gasteiger partial charge < -0.3 is 10.2 Å². The fourth-order valence-corrected chi connectivity index (χ4v) is 3.38. The van der Waals surface area contributed by atoms with Crippen LogP contribution in [0, 0.1) is 0 Å². The van der Waals surface area contributed by atoms with Crippen molar-refractivity contribution in [2.24, 2.45) is 0 Å². The molecule has 0 bridgehead atoms. The van der Waals surface area contributed by atoms with Gasteiger partial charge in [-0.25, -0.2) is 0 Å². The SMILES string of the molecule is CN(C)c1cccc2c1NC1CC=CC=C1S2. The average molecular weight is 244 g/mol. The third kappa shape index (κ3) is 1.84. The maximum atomic E-state index is 3.67. The summed E-state index contributed by atoms with van der Waals surface area (Å²) < 4.78 is 0. The molecule has 0 spiro atoms. The lowest BCUT2D eigenvalue weighted by Gasteiger charge is -2.32. The third-order valence-electron chi connectivity index (χ3n) is 3.14. The van der Waals surface area contributed by atoms with E-state index in [1.807, 2.05) is 11.8 Å². The Hall–Kier alpha value is -1.35. The van der Waals surface area contributed by atoms with Crippen LogP contribution in [-0.4, -0.2) is 20.1 Å². The average Bonchev–Trinajstić information content (AvgIpc) is 2.35. The minimum atomic E-state index is 0.457. The first-order valence-corrected chi connectivity index (χ1v) is 6.69. The van der Waals surface area contributed by atoms with Crippen molar-refractivity contribution in [2.75, 3.05) is 24.3 Å². The second-order valence-electron chi connectivity index (χ2n) is 4.58. The van der Waals surface area contributed by atoms with E-state index >= 15 is 0 Å². The number of benzene rings is 1. The summed E-state index contributed by atoms with van der Waals surface area (Å²) in [7, 11) is 4.18. The number of para-hydroxylation sites is 1. The quantitative estimate of drug-likeness (QED) is 0.814. The Morgan fingerprint density at radius 3 is 3.06 bits per heavy atom. The topological polar surface area (TPSA) is 15.3 Å². The van der Waals surface area contributed by atoms with E-state index in [0.29, 0.717) is 6.04 Å². The second kappa shape index (κ2) is 4.15. The molecule has 0 aromatic heterocycles. The highest BCUT2D eigenvalue weighted by molar-refractivity contribution is 8.03. The van der Waals surface area contributed by atoms with E-state index in [0.717, 1.165) is 6.42 Å². The number of hydrogen-bond donors (Lipinski definition) is 1. The standard InChI is InChI=1S/C14H16N2S/c1-16(2)11-7-5-9-13-14(11)15-10-6-3-4-8-12(10)17-13/h3-5,7-10,15H,6H2,1-2H3. The van der Waals surface area contributed by atoms with Gasteiger partial charge in [-0.3, -0.25) is 0 Å². The van der Waals surface area contributed by atoms with Crippen LogP contribution in [-0.2, 0) is 0 Å². The van der Waals surface area contributed by atoms with Crippen LogP contribution in [0.5, 0.6) is 0 Å². The van der Waals surface area contributed by atoms with Gasteiger partial charge in [0, 0.05) is 23.9 Å². The van der Waals surface area contributed by atoms with Gasteiger partial charge >= 0.3 is 0 Å². The molecule has 1 unspecified atom stereocenters. The maximum absolute atomic E-state index is 3.67. The predicted molar refractivity (Wildman–Crippen MR) is 75.9 cm³/mol. The molecule has 17 heavy (non-hydrogen) atoms. The molecule has 1 aromatic carbocycles. The highest BCUT2D eigenvalue weighted by Crippen LogP contribution is 2.46. The highest BCUT2D eigenvalue weighted by Gasteiger charge is 2.25. The van der Waals surface area contributed by atoms with Crippen LogP contribution in [0.2, 0.25) is 0 Å². The highest BCUT2D eigenvalue weighted by atomic mass is 32.2. The Bertz CT molecular complexity index is 503. The Labute approximate surface area is 106 Å². The minimum absolute atomic E-state index is 0.457. The van der Waals surface area contributed by atoms with Crippen molar-refractivity contribution in [3.63, 3.8) is 0 Å². The van der Waals surface area contributed by atoms with Crippen LogP contribution in [0.15, 0.2) is 46.2 Å². The van der Waals surface area contributed by atoms with E-state index in [4.69, 9.17) is 0 Å². The number of anilines is 2. The first-order valence-electron chi connectivity index (χ1n) is 5.87. The summed E-state index contributed by atoms with van der Waals surface area (Å²) in [6.45, 7) is 0. The van der Waals surface area contributed by atoms with E-state index in [9.17, 15) is 0 Å². The monoisotopic (exact) mass is 244 g/mol. The number of thioether (sulfide) groups is 1. The van der Waals surface area contributed by atoms with E-state index in [-0.39, 0.29) is 0 Å². The van der Waals surface area contributed by atoms with Gasteiger partial charge in [-0.1, -0.05) is 36.1 Å². The Balaban J connectivity index is 2.05. The summed E-state index contributed by atoms with van der Waals surface area (Å²) >= 11 is 1.89. The Morgan fingerprint density at radius 1 is 1.35 bits per heavy atom. The molecule has 0 saturated carbocycles. The van der Waals surface area contributed by atoms with Gasteiger partial charge in [0.2, 0.25) is 0 Å². The number of fused-ring (bicyclic) bond motifs is 2. The van der Waals surface area contributed by atoms with Crippen LogP contribution in [0.1, 0.15) is 6.42 Å². The van der Waals surface area contributed by atoms with Gasteiger partial charge in [0.05, 0.1) is 17.4 Å². The van der Waals surface area contributed by atoms with Crippen molar-refractivity contribution in [3.05, 3.63) is 41.3 Å². The van der Waals surface area contributed by atoms with Crippen molar-refractivity contribution >= 4 is 23.1 Å². The van der Waals surface area contributed by atoms with Crippen LogP contribution in [0.3, 0.4) is 0 Å². The molecule has 1 heterocycles. The predicted octanol–water partition coefficient (Wildman–Crippen LogP) is 3.48. The Morgan fingerprint density at radius 2 is 2.24 bits per heavy atom. The summed E-state index contributed by atoms with van der Waals surface area (Å²) in [5.41, 5.74) is 2.54. The van der Waals surface area contributed by atoms with Gasteiger partial charge in [-0.05, 0) is 18.6 Å². The molecule has 1 N–H and O–H groups in total. The summed E-state index contributed by atoms with van der Waals surface area (Å²) in [4.78, 5) is 4.92. The number of nitrogens with one attached hydrogen (secondary N) is 1. The number of rotatable bonds is 1. The lowest BCUT2D eigenvalue weighted by Crippen LogP contribution is -2.26. The van der Waals surface area contributed by atoms with Gasteiger partial charge in [-0.2, -0.15) is 0 Å². The van der Waals surface area contributed by atoms with Crippen molar-refractivity contribution in [1.82, 2.24) is 0 Å². The molecule has 88 valence electrons. The number of nitrogens with zero attached hydrogens (tertiary/aromatic N) is 1. The van der Waals surface area contributed by atoms with Crippen molar-refractivity contribution in [2.45, 2.75) is 17.4 Å². The number of hydrogen-bond acceptors (Lipinski definition) is 3. The van der Waals surface area contributed by atoms with Crippen LogP contribution in [0.4, 0.5) is 11.4 Å². The zero-order chi connectivity index (χ0) is 11.8. The summed E-state index contributed by atoms with van der Waals surface area (Å²) in [5.74, 6) is 0. The third-order valence-corrected chi connectivity index (χ3v) is 4.36. The molecule has 1 aliphatic heterocycles. The van der Waals surface area contributed by atoms with Crippen molar-refractivity contribution in [3.8, 4) is 0 Å². The smallest absolute Gasteiger partial charge is 0.0724 e. The summed E-state index contributed by atoms with van der Waals surface area (Å²) in [5, 5.41) is 3.67. The molecule has 1 atom stereocenters. The van der Waals surface area contributed by atoms with Gasteiger partial charge in [0.25, 0.3) is 0 Å². The zero-order valence-electron chi connectivity index (χ0n) is 10.1. The largest absolute Gasteiger partial charge is 0.376 e. The van der Waals surface area contributed by atoms with Crippen LogP contribution < -0.4 is 10.2 Å². The van der Waals surface area contributed by atoms with Gasteiger partial charge in [0.1, 0.15) is 0 Å². The summed E-state index contributed by atoms with van der Waals surface area (Å²) in [6, 6.07) is 6.94. The second-order valence-corrected chi connectivity index (χ2v) is 5.69. The minimum Gasteiger partial charge on any atom is -0.376 e. The molecular formula is C14H16N2S. The van der Waals surface area contributed by atoms with E-state index < -0.39 is 0 Å². The fourth-order valence-electron chi connectivity index (χ4n) is 2.27. The normalized spacial score (nSPS) is 21.1. The molecule has 2 nitrogen and oxygen atoms in total. The van der Waals surface area contributed by atoms with E-state index in [2.05, 4.69) is 60.7 Å². The molecule has 3 heteroatoms. The lowest BCUT2D eigenvalue weighted by molar-refractivity contribution is 0.856. The van der Waals surface area contributed by atoms with Crippen molar-refractivity contribution in [1.29, 1.82) is 0 Å². The Kier molecular flexibility index (Phi) is 2.63. The molecule has 0 radical (unpaired) electrons. The molecule has 2 aliphatic rings. The molecule has 0 amide bonds.